The molecule has 2 aromatic carbocycles. The molecular weight excluding hydrogens is 801 g/mol. The van der Waals surface area contributed by atoms with Gasteiger partial charge >= 0.3 is 0 Å². The topological polar surface area (TPSA) is 192 Å². The Balaban J connectivity index is 0.739. The number of ketones is 1. The first-order chi connectivity index (χ1) is 30.6. The van der Waals surface area contributed by atoms with Gasteiger partial charge in [-0.3, -0.25) is 44.0 Å². The second-order valence-electron chi connectivity index (χ2n) is 17.6. The Kier molecular flexibility index (Phi) is 9.35. The molecule has 1 saturated carbocycles. The van der Waals surface area contributed by atoms with Crippen LogP contribution in [0.5, 0.6) is 0 Å². The van der Waals surface area contributed by atoms with Gasteiger partial charge in [-0.15, -0.1) is 0 Å². The normalized spacial score (nSPS) is 20.6. The number of piperidine rings is 1. The van der Waals surface area contributed by atoms with E-state index in [9.17, 15) is 28.8 Å². The Bertz CT molecular complexity index is 2830. The average molecular weight is 845 g/mol. The summed E-state index contributed by atoms with van der Waals surface area (Å²) in [7, 11) is 0. The number of fused-ring (bicyclic) bond motifs is 7. The Morgan fingerprint density at radius 3 is 2.27 bits per heavy atom. The van der Waals surface area contributed by atoms with E-state index in [1.165, 1.54) is 19.3 Å². The van der Waals surface area contributed by atoms with Crippen LogP contribution in [-0.4, -0.2) is 96.9 Å². The lowest BCUT2D eigenvalue weighted by Crippen LogP contribution is -2.54. The fourth-order valence-electron chi connectivity index (χ4n) is 10.5. The molecule has 2 saturated heterocycles. The maximum Gasteiger partial charge on any atom is 0.262 e. The third-order valence-corrected chi connectivity index (χ3v) is 13.9. The van der Waals surface area contributed by atoms with Gasteiger partial charge in [-0.25, -0.2) is 9.97 Å². The molecule has 3 aromatic heterocycles. The largest absolute Gasteiger partial charge is 0.367 e. The third-order valence-electron chi connectivity index (χ3n) is 13.9. The first kappa shape index (κ1) is 38.9. The standard InChI is InChI=1S/C47H44N10O6/c58-39-12-15-47(13-2-1-3-14-47)57-38(39)22-30-25-49-40(50-42(30)57)23-31-8-9-32(26-48-31)54-16-18-55(19-17-54)44(61)29-7-5-27-4-6-28-20-33-34(24-36(28)53-52-35(27)21-29)46(63)56(45(33)62)37-10-11-41(59)51-43(37)60/h5,7-9,20-22,24-26,37H,1-4,6,10-19,23H2,(H,51,59,60). The smallest absolute Gasteiger partial charge is 0.262 e. The molecule has 11 rings (SSSR count). The maximum atomic E-state index is 13.8. The summed E-state index contributed by atoms with van der Waals surface area (Å²) in [6.07, 6.45) is 12.6. The fraction of sp³-hybridized carbons (Fsp3) is 0.383. The number of carbonyl (C=O) groups excluding carboxylic acids is 6. The highest BCUT2D eigenvalue weighted by Crippen LogP contribution is 2.45. The lowest BCUT2D eigenvalue weighted by Gasteiger charge is -2.42. The van der Waals surface area contributed by atoms with Crippen LogP contribution in [0.15, 0.2) is 71.2 Å². The van der Waals surface area contributed by atoms with Crippen molar-refractivity contribution in [3.05, 3.63) is 106 Å². The molecule has 16 heteroatoms. The van der Waals surface area contributed by atoms with Crippen molar-refractivity contribution in [2.24, 2.45) is 10.2 Å². The van der Waals surface area contributed by atoms with Gasteiger partial charge in [0.1, 0.15) is 17.5 Å². The van der Waals surface area contributed by atoms with Crippen molar-refractivity contribution in [2.75, 3.05) is 31.1 Å². The minimum atomic E-state index is -1.05. The number of aromatic nitrogens is 4. The molecule has 0 bridgehead atoms. The van der Waals surface area contributed by atoms with Gasteiger partial charge in [-0.1, -0.05) is 25.3 Å². The zero-order valence-electron chi connectivity index (χ0n) is 34.6. The molecule has 3 fully saturated rings. The van der Waals surface area contributed by atoms with Gasteiger partial charge in [0.05, 0.1) is 46.5 Å². The molecular formula is C47H44N10O6. The predicted molar refractivity (Wildman–Crippen MR) is 228 cm³/mol. The van der Waals surface area contributed by atoms with Gasteiger partial charge < -0.3 is 14.4 Å². The number of imide groups is 2. The van der Waals surface area contributed by atoms with Crippen molar-refractivity contribution in [1.82, 2.24) is 34.6 Å². The zero-order valence-corrected chi connectivity index (χ0v) is 34.6. The number of hydrogen-bond donors (Lipinski definition) is 1. The molecule has 63 heavy (non-hydrogen) atoms. The summed E-state index contributed by atoms with van der Waals surface area (Å²) in [5.74, 6) is -1.49. The highest BCUT2D eigenvalue weighted by atomic mass is 16.2. The van der Waals surface area contributed by atoms with Crippen molar-refractivity contribution in [3.63, 3.8) is 0 Å². The summed E-state index contributed by atoms with van der Waals surface area (Å²) in [6, 6.07) is 13.7. The van der Waals surface area contributed by atoms with E-state index in [1.54, 1.807) is 18.2 Å². The van der Waals surface area contributed by atoms with Crippen LogP contribution in [0.25, 0.3) is 11.0 Å². The van der Waals surface area contributed by atoms with E-state index in [2.05, 4.69) is 36.1 Å². The van der Waals surface area contributed by atoms with E-state index in [4.69, 9.17) is 9.97 Å². The van der Waals surface area contributed by atoms with Crippen molar-refractivity contribution in [1.29, 1.82) is 0 Å². The molecule has 1 unspecified atom stereocenters. The van der Waals surface area contributed by atoms with E-state index in [1.807, 2.05) is 41.6 Å². The Labute approximate surface area is 361 Å². The van der Waals surface area contributed by atoms with E-state index >= 15 is 0 Å². The summed E-state index contributed by atoms with van der Waals surface area (Å²) in [6.45, 7) is 2.33. The summed E-state index contributed by atoms with van der Waals surface area (Å²) in [5, 5.41) is 12.1. The van der Waals surface area contributed by atoms with E-state index in [0.29, 0.717) is 74.6 Å². The van der Waals surface area contributed by atoms with Gasteiger partial charge in [-0.05, 0) is 92.1 Å². The Hall–Kier alpha value is -6.97. The lowest BCUT2D eigenvalue weighted by molar-refractivity contribution is -0.136. The van der Waals surface area contributed by atoms with Crippen molar-refractivity contribution < 1.29 is 28.8 Å². The first-order valence-electron chi connectivity index (χ1n) is 22.0. The molecule has 5 amide bonds. The maximum absolute atomic E-state index is 13.8. The highest BCUT2D eigenvalue weighted by Gasteiger charge is 2.45. The fourth-order valence-corrected chi connectivity index (χ4v) is 10.5. The van der Waals surface area contributed by atoms with Crippen LogP contribution < -0.4 is 10.2 Å². The number of carbonyl (C=O) groups is 6. The number of Topliss-reactive ketones (excluding diaryl/α,β-unsaturated/α-hetero) is 1. The molecule has 8 heterocycles. The van der Waals surface area contributed by atoms with E-state index in [-0.39, 0.29) is 41.2 Å². The summed E-state index contributed by atoms with van der Waals surface area (Å²) >= 11 is 0. The second kappa shape index (κ2) is 15.1. The van der Waals surface area contributed by atoms with Gasteiger partial charge in [-0.2, -0.15) is 10.2 Å². The van der Waals surface area contributed by atoms with Crippen LogP contribution in [-0.2, 0) is 34.4 Å². The number of pyridine rings is 1. The van der Waals surface area contributed by atoms with E-state index < -0.39 is 29.7 Å². The molecule has 1 spiro atoms. The van der Waals surface area contributed by atoms with Gasteiger partial charge in [0.15, 0.2) is 5.78 Å². The van der Waals surface area contributed by atoms with Crippen LogP contribution in [0.3, 0.4) is 0 Å². The molecule has 1 N–H and O–H groups in total. The van der Waals surface area contributed by atoms with Crippen LogP contribution in [0.4, 0.5) is 17.1 Å². The number of rotatable bonds is 5. The van der Waals surface area contributed by atoms with Crippen LogP contribution in [0.2, 0.25) is 0 Å². The minimum absolute atomic E-state index is 0.0339. The van der Waals surface area contributed by atoms with E-state index in [0.717, 1.165) is 63.4 Å². The van der Waals surface area contributed by atoms with Gasteiger partial charge in [0.2, 0.25) is 11.8 Å². The number of nitrogens with one attached hydrogen (secondary N) is 1. The lowest BCUT2D eigenvalue weighted by atomic mass is 9.75. The SMILES string of the molecule is O=C1CCC(N2C(=O)c3cc4c(cc3C2=O)N=Nc2cc(C(=O)N3CCN(c5ccc(Cc6ncc7cc8n(c7n6)C6(CCCCC6)CCC8=O)nc5)CC3)ccc2CC4)C(=O)N1. The number of azo groups is 1. The highest BCUT2D eigenvalue weighted by molar-refractivity contribution is 6.24. The summed E-state index contributed by atoms with van der Waals surface area (Å²) < 4.78 is 2.25. The molecule has 1 atom stereocenters. The predicted octanol–water partition coefficient (Wildman–Crippen LogP) is 5.93. The number of amides is 5. The molecule has 318 valence electrons. The van der Waals surface area contributed by atoms with Crippen LogP contribution in [0.1, 0.15) is 122 Å². The van der Waals surface area contributed by atoms with Gasteiger partial charge in [0.25, 0.3) is 17.7 Å². The Morgan fingerprint density at radius 1 is 0.746 bits per heavy atom. The summed E-state index contributed by atoms with van der Waals surface area (Å²) in [4.78, 5) is 97.4. The number of anilines is 1. The number of hydrogen-bond acceptors (Lipinski definition) is 12. The minimum Gasteiger partial charge on any atom is -0.367 e. The number of piperazine rings is 1. The number of aryl methyl sites for hydroxylation is 2. The number of nitrogens with zero attached hydrogens (tertiary/aromatic N) is 9. The molecule has 5 aliphatic heterocycles. The van der Waals surface area contributed by atoms with Crippen molar-refractivity contribution >= 4 is 63.4 Å². The molecule has 0 radical (unpaired) electrons. The third kappa shape index (κ3) is 6.70. The quantitative estimate of drug-likeness (QED) is 0.207. The van der Waals surface area contributed by atoms with Gasteiger partial charge in [0, 0.05) is 67.4 Å². The zero-order chi connectivity index (χ0) is 43.0. The average Bonchev–Trinajstić information content (AvgIpc) is 3.80. The second-order valence-corrected chi connectivity index (χ2v) is 17.6. The molecule has 6 aliphatic rings. The Morgan fingerprint density at radius 2 is 1.51 bits per heavy atom. The van der Waals surface area contributed by atoms with Crippen LogP contribution in [0, 0.1) is 0 Å². The molecule has 1 aliphatic carbocycles. The summed E-state index contributed by atoms with van der Waals surface area (Å²) in [5.41, 5.74) is 6.91. The molecule has 5 aromatic rings. The molecule has 16 nitrogen and oxygen atoms in total. The van der Waals surface area contributed by atoms with Crippen molar-refractivity contribution in [3.8, 4) is 0 Å². The number of benzene rings is 2. The van der Waals surface area contributed by atoms with Crippen LogP contribution >= 0.6 is 0 Å². The monoisotopic (exact) mass is 844 g/mol. The van der Waals surface area contributed by atoms with Crippen molar-refractivity contribution in [2.45, 2.75) is 88.6 Å². The first-order valence-corrected chi connectivity index (χ1v) is 22.0.